The Bertz CT molecular complexity index is 470. The van der Waals surface area contributed by atoms with Crippen molar-refractivity contribution in [3.8, 4) is 6.07 Å². The summed E-state index contributed by atoms with van der Waals surface area (Å²) in [4.78, 5) is 4.35. The highest BCUT2D eigenvalue weighted by molar-refractivity contribution is 7.99. The number of hydrogen-bond donors (Lipinski definition) is 1. The highest BCUT2D eigenvalue weighted by atomic mass is 32.2. The summed E-state index contributed by atoms with van der Waals surface area (Å²) in [5, 5.41) is 13.5. The van der Waals surface area contributed by atoms with Crippen LogP contribution in [0.3, 0.4) is 0 Å². The molecule has 5 heteroatoms. The van der Waals surface area contributed by atoms with Crippen molar-refractivity contribution in [3.05, 3.63) is 11.5 Å². The first-order chi connectivity index (χ1) is 9.52. The van der Waals surface area contributed by atoms with Crippen LogP contribution in [0.5, 0.6) is 0 Å². The molecule has 0 spiro atoms. The molecule has 110 valence electrons. The minimum absolute atomic E-state index is 0.359. The second-order valence-electron chi connectivity index (χ2n) is 5.79. The Hall–Kier alpha value is -0.990. The first kappa shape index (κ1) is 15.4. The van der Waals surface area contributed by atoms with Gasteiger partial charge in [-0.15, -0.1) is 0 Å². The van der Waals surface area contributed by atoms with Crippen molar-refractivity contribution in [3.63, 3.8) is 0 Å². The first-order valence-corrected chi connectivity index (χ1v) is 8.27. The average molecular weight is 293 g/mol. The molecule has 1 N–H and O–H groups in total. The van der Waals surface area contributed by atoms with E-state index in [1.807, 2.05) is 20.8 Å². The number of nitrogens with zero attached hydrogens (tertiary/aromatic N) is 2. The minimum Gasteiger partial charge on any atom is -0.437 e. The Balaban J connectivity index is 1.64. The summed E-state index contributed by atoms with van der Waals surface area (Å²) in [7, 11) is 0. The van der Waals surface area contributed by atoms with Crippen molar-refractivity contribution in [1.82, 2.24) is 10.3 Å². The molecule has 1 fully saturated rings. The van der Waals surface area contributed by atoms with E-state index in [0.29, 0.717) is 6.04 Å². The Morgan fingerprint density at radius 2 is 2.20 bits per heavy atom. The van der Waals surface area contributed by atoms with Crippen LogP contribution in [-0.4, -0.2) is 22.3 Å². The molecule has 1 aromatic rings. The average Bonchev–Trinajstić information content (AvgIpc) is 3.15. The fourth-order valence-corrected chi connectivity index (χ4v) is 2.99. The van der Waals surface area contributed by atoms with Gasteiger partial charge >= 0.3 is 0 Å². The Morgan fingerprint density at radius 1 is 1.45 bits per heavy atom. The van der Waals surface area contributed by atoms with Gasteiger partial charge in [0.25, 0.3) is 5.22 Å². The van der Waals surface area contributed by atoms with Crippen LogP contribution in [0, 0.1) is 25.2 Å². The summed E-state index contributed by atoms with van der Waals surface area (Å²) in [6, 6.07) is 3.00. The van der Waals surface area contributed by atoms with Crippen LogP contribution >= 0.6 is 11.8 Å². The van der Waals surface area contributed by atoms with Crippen molar-refractivity contribution in [2.75, 3.05) is 5.75 Å². The molecule has 20 heavy (non-hydrogen) atoms. The van der Waals surface area contributed by atoms with Gasteiger partial charge in [0.15, 0.2) is 0 Å². The molecule has 2 rings (SSSR count). The number of unbranched alkanes of at least 4 members (excludes halogenated alkanes) is 1. The van der Waals surface area contributed by atoms with Gasteiger partial charge in [0.1, 0.15) is 11.3 Å². The highest BCUT2D eigenvalue weighted by Crippen LogP contribution is 2.26. The van der Waals surface area contributed by atoms with Gasteiger partial charge in [0.05, 0.1) is 11.8 Å². The number of nitriles is 1. The lowest BCUT2D eigenvalue weighted by Gasteiger charge is -2.23. The standard InChI is InChI=1S/C15H23N3OS/c1-11-12(2)19-14(17-11)20-9-5-4-8-15(3,10-16)18-13-6-7-13/h13,18H,4-9H2,1-3H3. The van der Waals surface area contributed by atoms with Crippen LogP contribution in [0.25, 0.3) is 0 Å². The minimum atomic E-state index is -0.359. The third kappa shape index (κ3) is 4.53. The van der Waals surface area contributed by atoms with Crippen LogP contribution < -0.4 is 5.32 Å². The van der Waals surface area contributed by atoms with Crippen molar-refractivity contribution in [1.29, 1.82) is 5.26 Å². The van der Waals surface area contributed by atoms with E-state index in [9.17, 15) is 5.26 Å². The van der Waals surface area contributed by atoms with E-state index < -0.39 is 0 Å². The molecular weight excluding hydrogens is 270 g/mol. The molecule has 0 aromatic carbocycles. The fraction of sp³-hybridized carbons (Fsp3) is 0.733. The Labute approximate surface area is 125 Å². The van der Waals surface area contributed by atoms with Crippen LogP contribution in [0.1, 0.15) is 50.5 Å². The smallest absolute Gasteiger partial charge is 0.256 e. The SMILES string of the molecule is Cc1nc(SCCCCC(C)(C#N)NC2CC2)oc1C. The Kier molecular flexibility index (Phi) is 5.11. The van der Waals surface area contributed by atoms with Crippen LogP contribution in [-0.2, 0) is 0 Å². The molecule has 0 saturated heterocycles. The van der Waals surface area contributed by atoms with Crippen molar-refractivity contribution >= 4 is 11.8 Å². The lowest BCUT2D eigenvalue weighted by Crippen LogP contribution is -2.42. The maximum atomic E-state index is 9.29. The quantitative estimate of drug-likeness (QED) is 0.586. The van der Waals surface area contributed by atoms with Gasteiger partial charge in [0.2, 0.25) is 0 Å². The van der Waals surface area contributed by atoms with E-state index >= 15 is 0 Å². The molecule has 0 amide bonds. The van der Waals surface area contributed by atoms with Gasteiger partial charge < -0.3 is 4.42 Å². The zero-order valence-corrected chi connectivity index (χ0v) is 13.3. The largest absolute Gasteiger partial charge is 0.437 e. The third-order valence-corrected chi connectivity index (χ3v) is 4.57. The topological polar surface area (TPSA) is 61.9 Å². The molecular formula is C15H23N3OS. The molecule has 1 heterocycles. The zero-order chi connectivity index (χ0) is 14.6. The van der Waals surface area contributed by atoms with Crippen LogP contribution in [0.2, 0.25) is 0 Å². The number of nitrogens with one attached hydrogen (secondary N) is 1. The van der Waals surface area contributed by atoms with Gasteiger partial charge in [-0.05, 0) is 52.9 Å². The molecule has 0 aliphatic heterocycles. The van der Waals surface area contributed by atoms with Gasteiger partial charge in [-0.1, -0.05) is 11.8 Å². The number of aromatic nitrogens is 1. The maximum absolute atomic E-state index is 9.29. The van der Waals surface area contributed by atoms with Crippen LogP contribution in [0.15, 0.2) is 9.64 Å². The predicted octanol–water partition coefficient (Wildman–Crippen LogP) is 3.59. The van der Waals surface area contributed by atoms with E-state index in [1.54, 1.807) is 11.8 Å². The molecule has 1 aliphatic carbocycles. The summed E-state index contributed by atoms with van der Waals surface area (Å²) < 4.78 is 5.53. The number of thioether (sulfide) groups is 1. The van der Waals surface area contributed by atoms with Gasteiger partial charge in [-0.3, -0.25) is 5.32 Å². The monoisotopic (exact) mass is 293 g/mol. The molecule has 1 atom stereocenters. The van der Waals surface area contributed by atoms with E-state index in [2.05, 4.69) is 16.4 Å². The molecule has 0 bridgehead atoms. The molecule has 1 aliphatic rings. The second-order valence-corrected chi connectivity index (χ2v) is 6.84. The summed E-state index contributed by atoms with van der Waals surface area (Å²) in [5.41, 5.74) is 0.611. The van der Waals surface area contributed by atoms with Gasteiger partial charge in [-0.2, -0.15) is 5.26 Å². The predicted molar refractivity (Wildman–Crippen MR) is 80.7 cm³/mol. The highest BCUT2D eigenvalue weighted by Gasteiger charge is 2.31. The van der Waals surface area contributed by atoms with E-state index in [1.165, 1.54) is 12.8 Å². The van der Waals surface area contributed by atoms with Crippen molar-refractivity contribution < 1.29 is 4.42 Å². The van der Waals surface area contributed by atoms with Gasteiger partial charge in [0, 0.05) is 11.8 Å². The summed E-state index contributed by atoms with van der Waals surface area (Å²) >= 11 is 1.66. The number of oxazole rings is 1. The number of hydrogen-bond acceptors (Lipinski definition) is 5. The summed E-state index contributed by atoms with van der Waals surface area (Å²) in [5.74, 6) is 1.89. The second kappa shape index (κ2) is 6.64. The van der Waals surface area contributed by atoms with Crippen molar-refractivity contribution in [2.24, 2.45) is 0 Å². The summed E-state index contributed by atoms with van der Waals surface area (Å²) in [6.07, 6.45) is 5.47. The third-order valence-electron chi connectivity index (χ3n) is 3.65. The van der Waals surface area contributed by atoms with E-state index in [-0.39, 0.29) is 5.54 Å². The lowest BCUT2D eigenvalue weighted by molar-refractivity contribution is 0.402. The molecule has 4 nitrogen and oxygen atoms in total. The molecule has 0 radical (unpaired) electrons. The summed E-state index contributed by atoms with van der Waals surface area (Å²) in [6.45, 7) is 5.92. The van der Waals surface area contributed by atoms with Crippen molar-refractivity contribution in [2.45, 2.75) is 69.7 Å². The molecule has 1 saturated carbocycles. The van der Waals surface area contributed by atoms with Gasteiger partial charge in [-0.25, -0.2) is 4.98 Å². The first-order valence-electron chi connectivity index (χ1n) is 7.28. The number of aryl methyl sites for hydroxylation is 2. The normalized spacial score (nSPS) is 17.7. The molecule has 1 aromatic heterocycles. The van der Waals surface area contributed by atoms with Crippen LogP contribution in [0.4, 0.5) is 0 Å². The fourth-order valence-electron chi connectivity index (χ4n) is 2.08. The van der Waals surface area contributed by atoms with E-state index in [0.717, 1.165) is 41.7 Å². The number of rotatable bonds is 8. The Morgan fingerprint density at radius 3 is 2.75 bits per heavy atom. The van der Waals surface area contributed by atoms with E-state index in [4.69, 9.17) is 4.42 Å². The maximum Gasteiger partial charge on any atom is 0.256 e. The lowest BCUT2D eigenvalue weighted by atomic mass is 9.96. The molecule has 1 unspecified atom stereocenters. The zero-order valence-electron chi connectivity index (χ0n) is 12.5.